The highest BCUT2D eigenvalue weighted by molar-refractivity contribution is 6.18. The van der Waals surface area contributed by atoms with Crippen molar-refractivity contribution in [1.29, 1.82) is 0 Å². The number of hydrogen-bond acceptors (Lipinski definition) is 3. The molecule has 4 nitrogen and oxygen atoms in total. The van der Waals surface area contributed by atoms with Crippen molar-refractivity contribution in [1.82, 2.24) is 4.90 Å². The van der Waals surface area contributed by atoms with E-state index in [2.05, 4.69) is 13.0 Å². The molecule has 0 N–H and O–H groups in total. The summed E-state index contributed by atoms with van der Waals surface area (Å²) in [6, 6.07) is 6.07. The molecule has 29 heavy (non-hydrogen) atoms. The average molecular weight is 438 g/mol. The molecule has 0 spiro atoms. The first-order valence-electron chi connectivity index (χ1n) is 10.7. The van der Waals surface area contributed by atoms with Crippen LogP contribution in [-0.2, 0) is 11.2 Å². The smallest absolute Gasteiger partial charge is 0.410 e. The van der Waals surface area contributed by atoms with Crippen molar-refractivity contribution in [2.75, 3.05) is 24.8 Å². The van der Waals surface area contributed by atoms with Gasteiger partial charge in [-0.1, -0.05) is 13.0 Å². The molecular formula is C23H29Cl2NO3. The molecule has 0 saturated heterocycles. The second-order valence-corrected chi connectivity index (χ2v) is 9.68. The van der Waals surface area contributed by atoms with Crippen LogP contribution in [0.15, 0.2) is 18.2 Å². The van der Waals surface area contributed by atoms with Gasteiger partial charge in [0.05, 0.1) is 0 Å². The summed E-state index contributed by atoms with van der Waals surface area (Å²) >= 11 is 11.6. The second kappa shape index (κ2) is 8.47. The van der Waals surface area contributed by atoms with Gasteiger partial charge in [0.25, 0.3) is 0 Å². The molecule has 0 radical (unpaired) electrons. The number of carbonyl (C=O) groups is 2. The average Bonchev–Trinajstić information content (AvgIpc) is 3.02. The topological polar surface area (TPSA) is 46.6 Å². The Morgan fingerprint density at radius 1 is 1.17 bits per heavy atom. The molecule has 0 aliphatic heterocycles. The van der Waals surface area contributed by atoms with E-state index >= 15 is 0 Å². The Morgan fingerprint density at radius 3 is 2.66 bits per heavy atom. The molecule has 1 aromatic carbocycles. The highest BCUT2D eigenvalue weighted by Gasteiger charge is 2.54. The van der Waals surface area contributed by atoms with E-state index in [4.69, 9.17) is 27.9 Å². The summed E-state index contributed by atoms with van der Waals surface area (Å²) in [4.78, 5) is 26.4. The maximum atomic E-state index is 12.5. The zero-order chi connectivity index (χ0) is 20.6. The fraction of sp³-hybridized carbons (Fsp3) is 0.652. The van der Waals surface area contributed by atoms with Crippen LogP contribution in [0.3, 0.4) is 0 Å². The van der Waals surface area contributed by atoms with Gasteiger partial charge in [0.1, 0.15) is 11.5 Å². The van der Waals surface area contributed by atoms with Crippen LogP contribution >= 0.6 is 23.2 Å². The third kappa shape index (κ3) is 3.79. The van der Waals surface area contributed by atoms with E-state index in [0.29, 0.717) is 54.1 Å². The van der Waals surface area contributed by atoms with Gasteiger partial charge in [0.2, 0.25) is 0 Å². The first-order valence-corrected chi connectivity index (χ1v) is 11.8. The monoisotopic (exact) mass is 437 g/mol. The minimum atomic E-state index is -0.405. The maximum Gasteiger partial charge on any atom is 0.415 e. The highest BCUT2D eigenvalue weighted by Crippen LogP contribution is 2.59. The zero-order valence-electron chi connectivity index (χ0n) is 17.0. The Bertz CT molecular complexity index is 792. The number of carbonyl (C=O) groups excluding carboxylic acids is 2. The first kappa shape index (κ1) is 21.0. The molecule has 3 aliphatic rings. The summed E-state index contributed by atoms with van der Waals surface area (Å²) in [5.41, 5.74) is 2.58. The molecule has 1 aromatic rings. The second-order valence-electron chi connectivity index (χ2n) is 8.93. The number of nitrogens with zero attached hydrogens (tertiary/aromatic N) is 1. The van der Waals surface area contributed by atoms with Gasteiger partial charge in [-0.3, -0.25) is 4.79 Å². The number of ketones is 1. The van der Waals surface area contributed by atoms with Crippen molar-refractivity contribution in [3.05, 3.63) is 29.3 Å². The normalized spacial score (nSPS) is 30.3. The van der Waals surface area contributed by atoms with Gasteiger partial charge < -0.3 is 9.64 Å². The molecule has 4 atom stereocenters. The van der Waals surface area contributed by atoms with Crippen molar-refractivity contribution in [3.63, 3.8) is 0 Å². The number of aryl methyl sites for hydroxylation is 1. The van der Waals surface area contributed by atoms with E-state index in [1.807, 2.05) is 12.1 Å². The van der Waals surface area contributed by atoms with Gasteiger partial charge in [-0.2, -0.15) is 0 Å². The third-order valence-corrected chi connectivity index (χ3v) is 7.92. The number of ether oxygens (including phenoxy) is 1. The molecule has 0 heterocycles. The lowest BCUT2D eigenvalue weighted by Gasteiger charge is -2.48. The van der Waals surface area contributed by atoms with Gasteiger partial charge in [-0.15, -0.1) is 23.2 Å². The van der Waals surface area contributed by atoms with Crippen molar-refractivity contribution in [3.8, 4) is 5.75 Å². The van der Waals surface area contributed by atoms with Crippen LogP contribution in [0.1, 0.15) is 56.1 Å². The Morgan fingerprint density at radius 2 is 1.93 bits per heavy atom. The Hall–Kier alpha value is -1.26. The van der Waals surface area contributed by atoms with E-state index in [9.17, 15) is 9.59 Å². The number of alkyl halides is 2. The standard InChI is InChI=1S/C23H29Cl2NO3/c1-23-9-8-18-17-5-3-16(29-22(28)26(12-10-24)13-11-25)14-15(17)2-4-19(18)20(23)6-7-21(23)27/h3,5,14,18-20H,2,4,6-13H2,1H3. The van der Waals surface area contributed by atoms with Crippen LogP contribution in [0.5, 0.6) is 5.75 Å². The van der Waals surface area contributed by atoms with Crippen LogP contribution < -0.4 is 4.74 Å². The van der Waals surface area contributed by atoms with E-state index in [1.54, 1.807) is 0 Å². The summed E-state index contributed by atoms with van der Waals surface area (Å²) in [6.45, 7) is 3.04. The molecule has 2 fully saturated rings. The SMILES string of the molecule is CC12CCC3c4ccc(OC(=O)N(CCCl)CCCl)cc4CCC3C1CCC2=O. The lowest BCUT2D eigenvalue weighted by molar-refractivity contribution is -0.129. The molecule has 0 bridgehead atoms. The highest BCUT2D eigenvalue weighted by atomic mass is 35.5. The van der Waals surface area contributed by atoms with Crippen molar-refractivity contribution < 1.29 is 14.3 Å². The van der Waals surface area contributed by atoms with Crippen LogP contribution in [0, 0.1) is 17.3 Å². The number of amides is 1. The van der Waals surface area contributed by atoms with Crippen molar-refractivity contribution >= 4 is 35.1 Å². The quantitative estimate of drug-likeness (QED) is 0.579. The number of fused-ring (bicyclic) bond motifs is 5. The molecule has 0 aromatic heterocycles. The van der Waals surface area contributed by atoms with Crippen LogP contribution in [0.2, 0.25) is 0 Å². The first-order chi connectivity index (χ1) is 14.0. The summed E-state index contributed by atoms with van der Waals surface area (Å²) in [7, 11) is 0. The van der Waals surface area contributed by atoms with E-state index in [-0.39, 0.29) is 5.41 Å². The number of Topliss-reactive ketones (excluding diaryl/α,β-unsaturated/α-hetero) is 1. The Kier molecular flexibility index (Phi) is 6.13. The molecule has 3 aliphatic carbocycles. The minimum Gasteiger partial charge on any atom is -0.410 e. The van der Waals surface area contributed by atoms with Gasteiger partial charge in [-0.05, 0) is 73.1 Å². The molecular weight excluding hydrogens is 409 g/mol. The predicted octanol–water partition coefficient (Wildman–Crippen LogP) is 5.39. The summed E-state index contributed by atoms with van der Waals surface area (Å²) in [5.74, 6) is 3.41. The summed E-state index contributed by atoms with van der Waals surface area (Å²) < 4.78 is 5.61. The van der Waals surface area contributed by atoms with Gasteiger partial charge in [0.15, 0.2) is 0 Å². The molecule has 158 valence electrons. The molecule has 4 rings (SSSR count). The summed E-state index contributed by atoms with van der Waals surface area (Å²) in [6.07, 6.45) is 5.58. The molecule has 2 saturated carbocycles. The predicted molar refractivity (Wildman–Crippen MR) is 115 cm³/mol. The molecule has 6 heteroatoms. The number of hydrogen-bond donors (Lipinski definition) is 0. The third-order valence-electron chi connectivity index (χ3n) is 7.58. The van der Waals surface area contributed by atoms with Crippen molar-refractivity contribution in [2.45, 2.75) is 51.4 Å². The van der Waals surface area contributed by atoms with Crippen LogP contribution in [-0.4, -0.2) is 41.6 Å². The fourth-order valence-electron chi connectivity index (χ4n) is 6.06. The van der Waals surface area contributed by atoms with Crippen molar-refractivity contribution in [2.24, 2.45) is 17.3 Å². The molecule has 4 unspecified atom stereocenters. The molecule has 1 amide bonds. The van der Waals surface area contributed by atoms with E-state index < -0.39 is 6.09 Å². The minimum absolute atomic E-state index is 0.0948. The maximum absolute atomic E-state index is 12.5. The van der Waals surface area contributed by atoms with E-state index in [1.165, 1.54) is 16.0 Å². The van der Waals surface area contributed by atoms with Gasteiger partial charge in [-0.25, -0.2) is 4.79 Å². The Labute approximate surface area is 182 Å². The number of benzene rings is 1. The summed E-state index contributed by atoms with van der Waals surface area (Å²) in [5, 5.41) is 0. The largest absolute Gasteiger partial charge is 0.415 e. The van der Waals surface area contributed by atoms with Crippen LogP contribution in [0.4, 0.5) is 4.79 Å². The van der Waals surface area contributed by atoms with Gasteiger partial charge in [0, 0.05) is 36.7 Å². The lowest BCUT2D eigenvalue weighted by Crippen LogP contribution is -2.42. The number of rotatable bonds is 5. The van der Waals surface area contributed by atoms with Crippen LogP contribution in [0.25, 0.3) is 0 Å². The number of halogens is 2. The fourth-order valence-corrected chi connectivity index (χ4v) is 6.47. The van der Waals surface area contributed by atoms with E-state index in [0.717, 1.165) is 38.5 Å². The lowest BCUT2D eigenvalue weighted by atomic mass is 9.55. The zero-order valence-corrected chi connectivity index (χ0v) is 18.5. The Balaban J connectivity index is 1.50. The van der Waals surface area contributed by atoms with Gasteiger partial charge >= 0.3 is 6.09 Å².